The van der Waals surface area contributed by atoms with Crippen LogP contribution < -0.4 is 5.32 Å². The van der Waals surface area contributed by atoms with E-state index in [0.717, 1.165) is 34.3 Å². The minimum Gasteiger partial charge on any atom is -0.373 e. The number of anilines is 1. The van der Waals surface area contributed by atoms with Gasteiger partial charge in [-0.1, -0.05) is 30.7 Å². The summed E-state index contributed by atoms with van der Waals surface area (Å²) >= 11 is 6.00. The average Bonchev–Trinajstić information content (AvgIpc) is 2.38. The lowest BCUT2D eigenvalue weighted by molar-refractivity contribution is 0.908. The highest BCUT2D eigenvalue weighted by atomic mass is 35.5. The molecule has 3 nitrogen and oxygen atoms in total. The van der Waals surface area contributed by atoms with Crippen LogP contribution in [-0.4, -0.2) is 17.0 Å². The first-order valence-corrected chi connectivity index (χ1v) is 6.80. The Hall–Kier alpha value is -1.61. The third kappa shape index (κ3) is 3.24. The third-order valence-electron chi connectivity index (χ3n) is 3.10. The zero-order valence-corrected chi connectivity index (χ0v) is 12.3. The van der Waals surface area contributed by atoms with Gasteiger partial charge in [-0.25, -0.2) is 9.97 Å². The minimum atomic E-state index is 0.695. The molecule has 2 rings (SSSR count). The molecule has 0 atom stereocenters. The molecule has 4 heteroatoms. The number of rotatable bonds is 4. The fourth-order valence-corrected chi connectivity index (χ4v) is 2.41. The van der Waals surface area contributed by atoms with E-state index < -0.39 is 0 Å². The van der Waals surface area contributed by atoms with Gasteiger partial charge in [0, 0.05) is 29.7 Å². The fourth-order valence-electron chi connectivity index (χ4n) is 2.19. The lowest BCUT2D eigenvalue weighted by atomic mass is 10.1. The van der Waals surface area contributed by atoms with Crippen molar-refractivity contribution in [3.63, 3.8) is 0 Å². The molecule has 1 aromatic heterocycles. The van der Waals surface area contributed by atoms with Crippen LogP contribution >= 0.6 is 11.6 Å². The number of nitrogens with zero attached hydrogens (tertiary/aromatic N) is 2. The van der Waals surface area contributed by atoms with Gasteiger partial charge in [-0.15, -0.1) is 0 Å². The maximum atomic E-state index is 6.00. The van der Waals surface area contributed by atoms with Gasteiger partial charge in [-0.05, 0) is 31.0 Å². The Balaban J connectivity index is 2.33. The minimum absolute atomic E-state index is 0.695. The van der Waals surface area contributed by atoms with Gasteiger partial charge in [-0.3, -0.25) is 0 Å². The Morgan fingerprint density at radius 3 is 2.68 bits per heavy atom. The van der Waals surface area contributed by atoms with Gasteiger partial charge in [0.1, 0.15) is 11.6 Å². The highest BCUT2D eigenvalue weighted by Gasteiger charge is 2.09. The number of aromatic nitrogens is 2. The van der Waals surface area contributed by atoms with Gasteiger partial charge < -0.3 is 5.32 Å². The second-order valence-corrected chi connectivity index (χ2v) is 4.90. The van der Waals surface area contributed by atoms with E-state index in [9.17, 15) is 0 Å². The highest BCUT2D eigenvalue weighted by Crippen LogP contribution is 2.19. The summed E-state index contributed by atoms with van der Waals surface area (Å²) in [5.74, 6) is 1.74. The Labute approximate surface area is 119 Å². The van der Waals surface area contributed by atoms with Crippen molar-refractivity contribution in [3.8, 4) is 0 Å². The molecule has 0 aliphatic rings. The van der Waals surface area contributed by atoms with Crippen molar-refractivity contribution in [2.24, 2.45) is 0 Å². The normalized spacial score (nSPS) is 10.5. The number of nitrogens with one attached hydrogen (secondary N) is 1. The van der Waals surface area contributed by atoms with Crippen LogP contribution in [0.15, 0.2) is 24.3 Å². The molecule has 0 fully saturated rings. The number of benzene rings is 1. The van der Waals surface area contributed by atoms with E-state index in [0.29, 0.717) is 6.42 Å². The molecule has 0 unspecified atom stereocenters. The molecule has 0 radical (unpaired) electrons. The predicted octanol–water partition coefficient (Wildman–Crippen LogP) is 3.63. The number of aryl methyl sites for hydroxylation is 1. The highest BCUT2D eigenvalue weighted by molar-refractivity contribution is 6.30. The predicted molar refractivity (Wildman–Crippen MR) is 80.0 cm³/mol. The molecule has 0 aliphatic heterocycles. The largest absolute Gasteiger partial charge is 0.373 e. The van der Waals surface area contributed by atoms with Crippen molar-refractivity contribution in [3.05, 3.63) is 51.9 Å². The van der Waals surface area contributed by atoms with Crippen molar-refractivity contribution in [2.45, 2.75) is 26.7 Å². The Bertz CT molecular complexity index is 582. The van der Waals surface area contributed by atoms with Crippen molar-refractivity contribution in [1.29, 1.82) is 0 Å². The zero-order valence-electron chi connectivity index (χ0n) is 11.5. The lowest BCUT2D eigenvalue weighted by Gasteiger charge is -2.11. The molecule has 0 amide bonds. The molecular weight excluding hydrogens is 258 g/mol. The van der Waals surface area contributed by atoms with E-state index in [1.165, 1.54) is 5.56 Å². The van der Waals surface area contributed by atoms with Crippen LogP contribution in [0.1, 0.15) is 29.6 Å². The van der Waals surface area contributed by atoms with E-state index >= 15 is 0 Å². The molecule has 0 spiro atoms. The molecule has 1 aromatic carbocycles. The van der Waals surface area contributed by atoms with Gasteiger partial charge in [0.25, 0.3) is 0 Å². The van der Waals surface area contributed by atoms with Crippen molar-refractivity contribution in [1.82, 2.24) is 9.97 Å². The Kier molecular flexibility index (Phi) is 4.38. The first kappa shape index (κ1) is 13.8. The number of halogens is 1. The monoisotopic (exact) mass is 275 g/mol. The zero-order chi connectivity index (χ0) is 13.8. The lowest BCUT2D eigenvalue weighted by Crippen LogP contribution is -2.07. The van der Waals surface area contributed by atoms with Gasteiger partial charge in [0.2, 0.25) is 0 Å². The summed E-state index contributed by atoms with van der Waals surface area (Å²) in [4.78, 5) is 9.17. The van der Waals surface area contributed by atoms with E-state index in [1.807, 2.05) is 38.2 Å². The number of hydrogen-bond donors (Lipinski definition) is 1. The maximum absolute atomic E-state index is 6.00. The molecule has 100 valence electrons. The maximum Gasteiger partial charge on any atom is 0.135 e. The Morgan fingerprint density at radius 1 is 1.26 bits per heavy atom. The summed E-state index contributed by atoms with van der Waals surface area (Å²) in [6.07, 6.45) is 1.62. The summed E-state index contributed by atoms with van der Waals surface area (Å²) in [5.41, 5.74) is 3.34. The van der Waals surface area contributed by atoms with Crippen LogP contribution in [0.2, 0.25) is 5.02 Å². The van der Waals surface area contributed by atoms with Crippen molar-refractivity contribution >= 4 is 17.4 Å². The molecule has 2 aromatic rings. The van der Waals surface area contributed by atoms with Crippen LogP contribution in [0.25, 0.3) is 0 Å². The molecule has 19 heavy (non-hydrogen) atoms. The van der Waals surface area contributed by atoms with Gasteiger partial charge in [0.15, 0.2) is 0 Å². The van der Waals surface area contributed by atoms with Crippen LogP contribution in [0.3, 0.4) is 0 Å². The van der Waals surface area contributed by atoms with E-state index in [2.05, 4.69) is 22.2 Å². The van der Waals surface area contributed by atoms with E-state index in [4.69, 9.17) is 11.6 Å². The van der Waals surface area contributed by atoms with E-state index in [1.54, 1.807) is 0 Å². The molecule has 1 N–H and O–H groups in total. The number of hydrogen-bond acceptors (Lipinski definition) is 3. The smallest absolute Gasteiger partial charge is 0.135 e. The summed E-state index contributed by atoms with van der Waals surface area (Å²) in [6, 6.07) is 7.81. The first-order chi connectivity index (χ1) is 9.13. The van der Waals surface area contributed by atoms with Crippen LogP contribution in [0.4, 0.5) is 5.82 Å². The van der Waals surface area contributed by atoms with Crippen molar-refractivity contribution in [2.75, 3.05) is 12.4 Å². The van der Waals surface area contributed by atoms with E-state index in [-0.39, 0.29) is 0 Å². The molecular formula is C15H18ClN3. The third-order valence-corrected chi connectivity index (χ3v) is 3.34. The molecule has 0 bridgehead atoms. The summed E-state index contributed by atoms with van der Waals surface area (Å²) in [6.45, 7) is 4.14. The SMILES string of the molecule is CCc1c(C)nc(Cc2cccc(Cl)c2)nc1NC. The standard InChI is InChI=1S/C15H18ClN3/c1-4-13-10(2)18-14(19-15(13)17-3)9-11-6-5-7-12(16)8-11/h5-8H,4,9H2,1-3H3,(H,17,18,19). The van der Waals surface area contributed by atoms with Gasteiger partial charge in [0.05, 0.1) is 0 Å². The quantitative estimate of drug-likeness (QED) is 0.926. The Morgan fingerprint density at radius 2 is 2.05 bits per heavy atom. The van der Waals surface area contributed by atoms with Crippen LogP contribution in [-0.2, 0) is 12.8 Å². The fraction of sp³-hybridized carbons (Fsp3) is 0.333. The summed E-state index contributed by atoms with van der Waals surface area (Å²) in [5, 5.41) is 3.89. The van der Waals surface area contributed by atoms with Crippen LogP contribution in [0.5, 0.6) is 0 Å². The van der Waals surface area contributed by atoms with Crippen molar-refractivity contribution < 1.29 is 0 Å². The summed E-state index contributed by atoms with van der Waals surface area (Å²) < 4.78 is 0. The average molecular weight is 276 g/mol. The van der Waals surface area contributed by atoms with Gasteiger partial charge >= 0.3 is 0 Å². The summed E-state index contributed by atoms with van der Waals surface area (Å²) in [7, 11) is 1.89. The van der Waals surface area contributed by atoms with Gasteiger partial charge in [-0.2, -0.15) is 0 Å². The molecule has 0 saturated carbocycles. The second-order valence-electron chi connectivity index (χ2n) is 4.46. The molecule has 1 heterocycles. The first-order valence-electron chi connectivity index (χ1n) is 6.42. The van der Waals surface area contributed by atoms with Crippen LogP contribution in [0, 0.1) is 6.92 Å². The molecule has 0 saturated heterocycles. The molecule has 0 aliphatic carbocycles. The topological polar surface area (TPSA) is 37.8 Å². The second kappa shape index (κ2) is 6.02.